The van der Waals surface area contributed by atoms with E-state index in [1.807, 2.05) is 0 Å². The van der Waals surface area contributed by atoms with Crippen molar-refractivity contribution < 1.29 is 8.81 Å². The first kappa shape index (κ1) is 11.1. The van der Waals surface area contributed by atoms with Gasteiger partial charge in [0, 0.05) is 6.92 Å². The summed E-state index contributed by atoms with van der Waals surface area (Å²) in [5.74, 6) is 0.532. The Morgan fingerprint density at radius 3 is 2.81 bits per heavy atom. The Bertz CT molecular complexity index is 512. The van der Waals surface area contributed by atoms with Gasteiger partial charge in [0.05, 0.1) is 17.3 Å². The zero-order chi connectivity index (χ0) is 11.7. The smallest absolute Gasteiger partial charge is 0.191 e. The molecular weight excluding hydrogens is 231 g/mol. The second-order valence-electron chi connectivity index (χ2n) is 3.43. The van der Waals surface area contributed by atoms with Crippen molar-refractivity contribution in [1.82, 2.24) is 4.98 Å². The molecule has 0 aliphatic heterocycles. The van der Waals surface area contributed by atoms with Crippen LogP contribution in [0.25, 0.3) is 0 Å². The Kier molecular flexibility index (Phi) is 2.94. The Hall–Kier alpha value is -1.39. The van der Waals surface area contributed by atoms with Gasteiger partial charge in [-0.15, -0.1) is 0 Å². The zero-order valence-electron chi connectivity index (χ0n) is 8.58. The van der Waals surface area contributed by atoms with Crippen molar-refractivity contribution in [2.24, 2.45) is 5.73 Å². The number of aryl methyl sites for hydroxylation is 1. The third-order valence-corrected chi connectivity index (χ3v) is 2.55. The first-order chi connectivity index (χ1) is 7.58. The molecule has 1 atom stereocenters. The summed E-state index contributed by atoms with van der Waals surface area (Å²) in [5.41, 5.74) is 6.50. The van der Waals surface area contributed by atoms with E-state index >= 15 is 0 Å². The third-order valence-electron chi connectivity index (χ3n) is 2.25. The molecule has 0 radical (unpaired) electrons. The molecule has 0 aliphatic rings. The lowest BCUT2D eigenvalue weighted by molar-refractivity contribution is 0.458. The van der Waals surface area contributed by atoms with Crippen LogP contribution < -0.4 is 5.73 Å². The van der Waals surface area contributed by atoms with Crippen molar-refractivity contribution in [3.8, 4) is 0 Å². The summed E-state index contributed by atoms with van der Waals surface area (Å²) in [6.07, 6.45) is 1.53. The fraction of sp³-hybridized carbons (Fsp3) is 0.182. The number of aromatic nitrogens is 1. The van der Waals surface area contributed by atoms with Crippen LogP contribution >= 0.6 is 11.6 Å². The van der Waals surface area contributed by atoms with Crippen molar-refractivity contribution in [2.45, 2.75) is 13.0 Å². The van der Waals surface area contributed by atoms with E-state index in [0.717, 1.165) is 0 Å². The fourth-order valence-electron chi connectivity index (χ4n) is 1.39. The standard InChI is InChI=1S/C11H10ClFN2O/c1-6-15-5-10(16-6)11(14)7-2-3-8(12)9(13)4-7/h2-5,11H,14H2,1H3/t11-/m1/s1. The second-order valence-corrected chi connectivity index (χ2v) is 3.84. The minimum atomic E-state index is -0.534. The topological polar surface area (TPSA) is 52.0 Å². The molecule has 0 fully saturated rings. The summed E-state index contributed by atoms with van der Waals surface area (Å²) < 4.78 is 18.5. The van der Waals surface area contributed by atoms with Crippen LogP contribution in [-0.4, -0.2) is 4.98 Å². The Morgan fingerprint density at radius 1 is 1.50 bits per heavy atom. The lowest BCUT2D eigenvalue weighted by Crippen LogP contribution is -2.11. The van der Waals surface area contributed by atoms with Gasteiger partial charge < -0.3 is 10.2 Å². The van der Waals surface area contributed by atoms with Crippen molar-refractivity contribution >= 4 is 11.6 Å². The maximum atomic E-state index is 13.2. The molecule has 1 heterocycles. The summed E-state index contributed by atoms with van der Waals surface area (Å²) in [4.78, 5) is 3.94. The summed E-state index contributed by atoms with van der Waals surface area (Å²) in [7, 11) is 0. The van der Waals surface area contributed by atoms with Gasteiger partial charge in [-0.1, -0.05) is 17.7 Å². The summed E-state index contributed by atoms with van der Waals surface area (Å²) in [6, 6.07) is 3.89. The highest BCUT2D eigenvalue weighted by molar-refractivity contribution is 6.30. The molecule has 16 heavy (non-hydrogen) atoms. The molecule has 84 valence electrons. The van der Waals surface area contributed by atoms with Crippen LogP contribution in [0.2, 0.25) is 5.02 Å². The highest BCUT2D eigenvalue weighted by atomic mass is 35.5. The average molecular weight is 241 g/mol. The van der Waals surface area contributed by atoms with Gasteiger partial charge in [0.25, 0.3) is 0 Å². The molecule has 0 saturated heterocycles. The molecule has 1 aromatic heterocycles. The van der Waals surface area contributed by atoms with E-state index in [4.69, 9.17) is 21.8 Å². The molecule has 5 heteroatoms. The predicted octanol–water partition coefficient (Wildman–Crippen LogP) is 2.82. The minimum Gasteiger partial charge on any atom is -0.444 e. The predicted molar refractivity (Wildman–Crippen MR) is 58.7 cm³/mol. The molecular formula is C11H10ClFN2O. The normalized spacial score (nSPS) is 12.8. The molecule has 2 N–H and O–H groups in total. The molecule has 0 unspecified atom stereocenters. The number of hydrogen-bond acceptors (Lipinski definition) is 3. The van der Waals surface area contributed by atoms with E-state index in [1.165, 1.54) is 18.3 Å². The SMILES string of the molecule is Cc1ncc([C@H](N)c2ccc(Cl)c(F)c2)o1. The molecule has 2 rings (SSSR count). The van der Waals surface area contributed by atoms with E-state index in [1.54, 1.807) is 13.0 Å². The van der Waals surface area contributed by atoms with Crippen LogP contribution in [0.4, 0.5) is 4.39 Å². The Morgan fingerprint density at radius 2 is 2.25 bits per heavy atom. The first-order valence-corrected chi connectivity index (χ1v) is 5.08. The summed E-state index contributed by atoms with van der Waals surface area (Å²) >= 11 is 5.58. The van der Waals surface area contributed by atoms with Crippen molar-refractivity contribution in [3.63, 3.8) is 0 Å². The summed E-state index contributed by atoms with van der Waals surface area (Å²) in [5, 5.41) is 0.0738. The summed E-state index contributed by atoms with van der Waals surface area (Å²) in [6.45, 7) is 1.72. The molecule has 0 spiro atoms. The largest absolute Gasteiger partial charge is 0.444 e. The third kappa shape index (κ3) is 2.08. The average Bonchev–Trinajstić information content (AvgIpc) is 2.68. The van der Waals surface area contributed by atoms with Crippen LogP contribution in [-0.2, 0) is 0 Å². The number of rotatable bonds is 2. The molecule has 3 nitrogen and oxygen atoms in total. The van der Waals surface area contributed by atoms with Crippen molar-refractivity contribution in [1.29, 1.82) is 0 Å². The maximum absolute atomic E-state index is 13.2. The van der Waals surface area contributed by atoms with Gasteiger partial charge in [-0.3, -0.25) is 0 Å². The van der Waals surface area contributed by atoms with Gasteiger partial charge in [0.1, 0.15) is 11.6 Å². The molecule has 0 aliphatic carbocycles. The van der Waals surface area contributed by atoms with Gasteiger partial charge in [0.15, 0.2) is 5.89 Å². The van der Waals surface area contributed by atoms with Crippen LogP contribution in [0.15, 0.2) is 28.8 Å². The maximum Gasteiger partial charge on any atom is 0.191 e. The highest BCUT2D eigenvalue weighted by Crippen LogP contribution is 2.23. The Labute approximate surface area is 97.0 Å². The molecule has 1 aromatic carbocycles. The van der Waals surface area contributed by atoms with Gasteiger partial charge in [0.2, 0.25) is 0 Å². The van der Waals surface area contributed by atoms with Crippen LogP contribution in [0, 0.1) is 12.7 Å². The van der Waals surface area contributed by atoms with Gasteiger partial charge in [-0.05, 0) is 17.7 Å². The van der Waals surface area contributed by atoms with Crippen molar-refractivity contribution in [3.05, 3.63) is 52.5 Å². The number of nitrogens with two attached hydrogens (primary N) is 1. The van der Waals surface area contributed by atoms with Gasteiger partial charge in [-0.2, -0.15) is 0 Å². The molecule has 0 bridgehead atoms. The van der Waals surface area contributed by atoms with Crippen molar-refractivity contribution in [2.75, 3.05) is 0 Å². The van der Waals surface area contributed by atoms with E-state index in [9.17, 15) is 4.39 Å². The second kappa shape index (κ2) is 4.23. The monoisotopic (exact) mass is 240 g/mol. The quantitative estimate of drug-likeness (QED) is 0.878. The minimum absolute atomic E-state index is 0.0738. The van der Waals surface area contributed by atoms with Crippen LogP contribution in [0.3, 0.4) is 0 Å². The number of halogens is 2. The number of benzene rings is 1. The van der Waals surface area contributed by atoms with E-state index in [-0.39, 0.29) is 5.02 Å². The van der Waals surface area contributed by atoms with Crippen LogP contribution in [0.1, 0.15) is 23.3 Å². The lowest BCUT2D eigenvalue weighted by Gasteiger charge is -2.08. The first-order valence-electron chi connectivity index (χ1n) is 4.71. The molecule has 0 saturated carbocycles. The van der Waals surface area contributed by atoms with Gasteiger partial charge in [-0.25, -0.2) is 9.37 Å². The van der Waals surface area contributed by atoms with E-state index < -0.39 is 11.9 Å². The molecule has 2 aromatic rings. The molecule has 0 amide bonds. The zero-order valence-corrected chi connectivity index (χ0v) is 9.33. The number of hydrogen-bond donors (Lipinski definition) is 1. The van der Waals surface area contributed by atoms with E-state index in [0.29, 0.717) is 17.2 Å². The Balaban J connectivity index is 2.33. The fourth-order valence-corrected chi connectivity index (χ4v) is 1.51. The lowest BCUT2D eigenvalue weighted by atomic mass is 10.1. The van der Waals surface area contributed by atoms with Gasteiger partial charge >= 0.3 is 0 Å². The number of oxazole rings is 1. The van der Waals surface area contributed by atoms with Crippen LogP contribution in [0.5, 0.6) is 0 Å². The highest BCUT2D eigenvalue weighted by Gasteiger charge is 2.14. The number of nitrogens with zero attached hydrogens (tertiary/aromatic N) is 1. The van der Waals surface area contributed by atoms with E-state index in [2.05, 4.69) is 4.98 Å².